The molecular formula is C22H26FN3O3. The van der Waals surface area contributed by atoms with Gasteiger partial charge in [0.1, 0.15) is 5.82 Å². The molecule has 0 N–H and O–H groups in total. The fourth-order valence-corrected chi connectivity index (χ4v) is 4.19. The van der Waals surface area contributed by atoms with Crippen molar-refractivity contribution in [3.63, 3.8) is 0 Å². The first-order valence-corrected chi connectivity index (χ1v) is 10.4. The standard InChI is InChI=1S/C22H26FN3O3/c23-18-8-4-3-7-17(18)19-15-24-20(29-19)9-10-21(27)25-11-13-26(14-12-25)22(28)16-5-1-2-6-16/h3-4,7-8,15-16H,1-2,5-6,9-14H2. The monoisotopic (exact) mass is 399 g/mol. The van der Waals surface area contributed by atoms with E-state index in [1.807, 2.05) is 4.90 Å². The molecule has 1 aromatic heterocycles. The summed E-state index contributed by atoms with van der Waals surface area (Å²) in [7, 11) is 0. The molecule has 7 heteroatoms. The van der Waals surface area contributed by atoms with Crippen molar-refractivity contribution in [3.8, 4) is 11.3 Å². The van der Waals surface area contributed by atoms with E-state index < -0.39 is 0 Å². The molecule has 2 heterocycles. The number of halogens is 1. The average molecular weight is 399 g/mol. The van der Waals surface area contributed by atoms with Crippen LogP contribution in [0.2, 0.25) is 0 Å². The maximum Gasteiger partial charge on any atom is 0.225 e. The Morgan fingerprint density at radius 3 is 2.48 bits per heavy atom. The zero-order valence-corrected chi connectivity index (χ0v) is 16.5. The minimum atomic E-state index is -0.365. The van der Waals surface area contributed by atoms with Crippen molar-refractivity contribution >= 4 is 11.8 Å². The molecule has 0 bridgehead atoms. The molecule has 1 aromatic carbocycles. The molecule has 1 saturated heterocycles. The lowest BCUT2D eigenvalue weighted by molar-refractivity contribution is -0.142. The van der Waals surface area contributed by atoms with Gasteiger partial charge >= 0.3 is 0 Å². The summed E-state index contributed by atoms with van der Waals surface area (Å²) >= 11 is 0. The van der Waals surface area contributed by atoms with Gasteiger partial charge in [0.05, 0.1) is 11.8 Å². The Morgan fingerprint density at radius 1 is 1.07 bits per heavy atom. The Kier molecular flexibility index (Phi) is 5.92. The summed E-state index contributed by atoms with van der Waals surface area (Å²) in [6.45, 7) is 2.36. The molecule has 154 valence electrons. The van der Waals surface area contributed by atoms with Gasteiger partial charge in [-0.15, -0.1) is 0 Å². The maximum absolute atomic E-state index is 13.9. The Bertz CT molecular complexity index is 868. The fourth-order valence-electron chi connectivity index (χ4n) is 4.19. The molecule has 0 atom stereocenters. The van der Waals surface area contributed by atoms with Crippen LogP contribution in [-0.2, 0) is 16.0 Å². The molecule has 1 aliphatic carbocycles. The molecule has 4 rings (SSSR count). The first kappa shape index (κ1) is 19.6. The quantitative estimate of drug-likeness (QED) is 0.774. The van der Waals surface area contributed by atoms with E-state index >= 15 is 0 Å². The Labute approximate surface area is 169 Å². The number of amides is 2. The number of rotatable bonds is 5. The summed E-state index contributed by atoms with van der Waals surface area (Å²) in [5, 5.41) is 0. The lowest BCUT2D eigenvalue weighted by Gasteiger charge is -2.36. The molecule has 2 aliphatic rings. The number of oxazole rings is 1. The van der Waals surface area contributed by atoms with E-state index in [2.05, 4.69) is 4.98 Å². The Morgan fingerprint density at radius 2 is 1.76 bits per heavy atom. The summed E-state index contributed by atoms with van der Waals surface area (Å²) < 4.78 is 19.5. The van der Waals surface area contributed by atoms with Crippen LogP contribution in [0.1, 0.15) is 38.0 Å². The van der Waals surface area contributed by atoms with Gasteiger partial charge in [0.2, 0.25) is 11.8 Å². The number of piperazine rings is 1. The number of carbonyl (C=O) groups is 2. The lowest BCUT2D eigenvalue weighted by Crippen LogP contribution is -2.51. The third-order valence-electron chi connectivity index (χ3n) is 5.89. The van der Waals surface area contributed by atoms with Crippen LogP contribution < -0.4 is 0 Å². The van der Waals surface area contributed by atoms with Gasteiger partial charge in [0.25, 0.3) is 0 Å². The smallest absolute Gasteiger partial charge is 0.225 e. The van der Waals surface area contributed by atoms with E-state index in [4.69, 9.17) is 4.42 Å². The van der Waals surface area contributed by atoms with E-state index in [0.29, 0.717) is 49.8 Å². The second-order valence-corrected chi connectivity index (χ2v) is 7.79. The van der Waals surface area contributed by atoms with Crippen molar-refractivity contribution in [2.45, 2.75) is 38.5 Å². The first-order valence-electron chi connectivity index (χ1n) is 10.4. The second-order valence-electron chi connectivity index (χ2n) is 7.79. The molecule has 6 nitrogen and oxygen atoms in total. The molecule has 0 radical (unpaired) electrons. The summed E-state index contributed by atoms with van der Waals surface area (Å²) in [5.74, 6) is 0.900. The highest BCUT2D eigenvalue weighted by Gasteiger charge is 2.30. The minimum Gasteiger partial charge on any atom is -0.441 e. The van der Waals surface area contributed by atoms with Crippen LogP contribution in [0.15, 0.2) is 34.9 Å². The lowest BCUT2D eigenvalue weighted by atomic mass is 10.1. The second kappa shape index (κ2) is 8.76. The van der Waals surface area contributed by atoms with E-state index in [9.17, 15) is 14.0 Å². The first-order chi connectivity index (χ1) is 14.1. The zero-order valence-electron chi connectivity index (χ0n) is 16.5. The van der Waals surface area contributed by atoms with Gasteiger partial charge in [-0.3, -0.25) is 9.59 Å². The SMILES string of the molecule is O=C(CCc1ncc(-c2ccccc2F)o1)N1CCN(C(=O)C2CCCC2)CC1. The van der Waals surface area contributed by atoms with Crippen molar-refractivity contribution in [2.75, 3.05) is 26.2 Å². The van der Waals surface area contributed by atoms with Crippen LogP contribution in [0, 0.1) is 11.7 Å². The van der Waals surface area contributed by atoms with Gasteiger partial charge in [-0.1, -0.05) is 25.0 Å². The molecular weight excluding hydrogens is 373 g/mol. The molecule has 2 fully saturated rings. The number of hydrogen-bond donors (Lipinski definition) is 0. The van der Waals surface area contributed by atoms with Crippen LogP contribution in [0.3, 0.4) is 0 Å². The van der Waals surface area contributed by atoms with E-state index in [1.165, 1.54) is 12.3 Å². The van der Waals surface area contributed by atoms with Crippen LogP contribution in [0.5, 0.6) is 0 Å². The Balaban J connectivity index is 1.25. The van der Waals surface area contributed by atoms with Gasteiger partial charge in [-0.25, -0.2) is 9.37 Å². The summed E-state index contributed by atoms with van der Waals surface area (Å²) in [6, 6.07) is 6.37. The third-order valence-corrected chi connectivity index (χ3v) is 5.89. The molecule has 29 heavy (non-hydrogen) atoms. The largest absolute Gasteiger partial charge is 0.441 e. The highest BCUT2D eigenvalue weighted by atomic mass is 19.1. The predicted molar refractivity (Wildman–Crippen MR) is 105 cm³/mol. The molecule has 2 amide bonds. The van der Waals surface area contributed by atoms with Gasteiger partial charge < -0.3 is 14.2 Å². The highest BCUT2D eigenvalue weighted by Crippen LogP contribution is 2.27. The predicted octanol–water partition coefficient (Wildman–Crippen LogP) is 3.27. The van der Waals surface area contributed by atoms with E-state index in [-0.39, 0.29) is 30.0 Å². The Hall–Kier alpha value is -2.70. The third kappa shape index (κ3) is 4.49. The fraction of sp³-hybridized carbons (Fsp3) is 0.500. The molecule has 1 saturated carbocycles. The van der Waals surface area contributed by atoms with Crippen LogP contribution in [0.4, 0.5) is 4.39 Å². The van der Waals surface area contributed by atoms with Crippen LogP contribution in [-0.4, -0.2) is 52.8 Å². The van der Waals surface area contributed by atoms with Gasteiger partial charge in [-0.05, 0) is 25.0 Å². The number of carbonyl (C=O) groups excluding carboxylic acids is 2. The van der Waals surface area contributed by atoms with Crippen LogP contribution in [0.25, 0.3) is 11.3 Å². The molecule has 0 spiro atoms. The van der Waals surface area contributed by atoms with Gasteiger partial charge in [0, 0.05) is 44.9 Å². The molecule has 1 aliphatic heterocycles. The van der Waals surface area contributed by atoms with Crippen molar-refractivity contribution in [1.82, 2.24) is 14.8 Å². The zero-order chi connectivity index (χ0) is 20.2. The van der Waals surface area contributed by atoms with E-state index in [0.717, 1.165) is 25.7 Å². The number of aryl methyl sites for hydroxylation is 1. The summed E-state index contributed by atoms with van der Waals surface area (Å²) in [6.07, 6.45) is 6.45. The van der Waals surface area contributed by atoms with Crippen molar-refractivity contribution in [3.05, 3.63) is 42.2 Å². The number of benzene rings is 1. The number of nitrogens with zero attached hydrogens (tertiary/aromatic N) is 3. The topological polar surface area (TPSA) is 66.7 Å². The molecule has 2 aromatic rings. The maximum atomic E-state index is 13.9. The van der Waals surface area contributed by atoms with Gasteiger partial charge in [-0.2, -0.15) is 0 Å². The number of aromatic nitrogens is 1. The summed E-state index contributed by atoms with van der Waals surface area (Å²) in [5.41, 5.74) is 0.362. The number of hydrogen-bond acceptors (Lipinski definition) is 4. The van der Waals surface area contributed by atoms with Gasteiger partial charge in [0.15, 0.2) is 11.7 Å². The highest BCUT2D eigenvalue weighted by molar-refractivity contribution is 5.80. The van der Waals surface area contributed by atoms with Crippen LogP contribution >= 0.6 is 0 Å². The summed E-state index contributed by atoms with van der Waals surface area (Å²) in [4.78, 5) is 32.9. The average Bonchev–Trinajstić information content (AvgIpc) is 3.44. The van der Waals surface area contributed by atoms with Crippen molar-refractivity contribution < 1.29 is 18.4 Å². The van der Waals surface area contributed by atoms with E-state index in [1.54, 1.807) is 23.1 Å². The van der Waals surface area contributed by atoms with Crippen molar-refractivity contribution in [2.24, 2.45) is 5.92 Å². The normalized spacial score (nSPS) is 17.7. The molecule has 0 unspecified atom stereocenters. The minimum absolute atomic E-state index is 0.0311. The van der Waals surface area contributed by atoms with Crippen molar-refractivity contribution in [1.29, 1.82) is 0 Å².